The molecule has 2 aromatic heterocycles. The molecule has 3 aromatic rings. The lowest BCUT2D eigenvalue weighted by Gasteiger charge is -2.08. The minimum absolute atomic E-state index is 0.157. The quantitative estimate of drug-likeness (QED) is 0.743. The number of anilines is 1. The summed E-state index contributed by atoms with van der Waals surface area (Å²) >= 11 is 7.50. The van der Waals surface area contributed by atoms with Gasteiger partial charge in [-0.3, -0.25) is 4.79 Å². The highest BCUT2D eigenvalue weighted by molar-refractivity contribution is 7.12. The van der Waals surface area contributed by atoms with Crippen LogP contribution in [0.2, 0.25) is 5.02 Å². The predicted molar refractivity (Wildman–Crippen MR) is 87.3 cm³/mol. The lowest BCUT2D eigenvalue weighted by atomic mass is 10.1. The normalized spacial score (nSPS) is 10.6. The molecule has 0 radical (unpaired) electrons. The van der Waals surface area contributed by atoms with Gasteiger partial charge in [-0.2, -0.15) is 0 Å². The fourth-order valence-electron chi connectivity index (χ4n) is 1.98. The van der Waals surface area contributed by atoms with Crippen molar-refractivity contribution >= 4 is 34.5 Å². The van der Waals surface area contributed by atoms with E-state index in [9.17, 15) is 4.79 Å². The lowest BCUT2D eigenvalue weighted by Crippen LogP contribution is -2.10. The van der Waals surface area contributed by atoms with Crippen LogP contribution in [0.1, 0.15) is 15.4 Å². The Bertz CT molecular complexity index is 796. The number of carbonyl (C=O) groups excluding carboxylic acids is 1. The number of hydrogen-bond donors (Lipinski definition) is 2. The number of nitrogens with one attached hydrogen (secondary N) is 1. The lowest BCUT2D eigenvalue weighted by molar-refractivity contribution is 0.103. The molecule has 3 rings (SSSR count). The zero-order chi connectivity index (χ0) is 15.5. The third-order valence-corrected chi connectivity index (χ3v) is 4.26. The van der Waals surface area contributed by atoms with Gasteiger partial charge in [0.2, 0.25) is 0 Å². The second-order valence-electron chi connectivity index (χ2n) is 4.55. The molecule has 0 fully saturated rings. The van der Waals surface area contributed by atoms with Crippen LogP contribution in [0.4, 0.5) is 5.69 Å². The van der Waals surface area contributed by atoms with E-state index >= 15 is 0 Å². The molecule has 0 aliphatic heterocycles. The average Bonchev–Trinajstić information content (AvgIpc) is 3.20. The Balaban J connectivity index is 1.88. The predicted octanol–water partition coefficient (Wildman–Crippen LogP) is 4.41. The monoisotopic (exact) mass is 333 g/mol. The van der Waals surface area contributed by atoms with Gasteiger partial charge in [0.05, 0.1) is 15.6 Å². The molecule has 0 saturated heterocycles. The van der Waals surface area contributed by atoms with E-state index in [1.165, 1.54) is 11.3 Å². The van der Waals surface area contributed by atoms with Gasteiger partial charge in [-0.05, 0) is 41.8 Å². The van der Waals surface area contributed by atoms with Crippen LogP contribution >= 0.6 is 22.9 Å². The van der Waals surface area contributed by atoms with Crippen LogP contribution in [0.25, 0.3) is 11.3 Å². The van der Waals surface area contributed by atoms with E-state index in [0.717, 1.165) is 5.56 Å². The molecule has 6 heteroatoms. The summed E-state index contributed by atoms with van der Waals surface area (Å²) in [6.45, 7) is -0.157. The minimum atomic E-state index is -0.204. The Morgan fingerprint density at radius 2 is 2.14 bits per heavy atom. The number of aliphatic hydroxyl groups excluding tert-OH is 1. The molecule has 0 aliphatic carbocycles. The minimum Gasteiger partial charge on any atom is -0.459 e. The third-order valence-electron chi connectivity index (χ3n) is 3.06. The molecule has 0 bridgehead atoms. The first-order valence-electron chi connectivity index (χ1n) is 6.52. The van der Waals surface area contributed by atoms with E-state index in [4.69, 9.17) is 21.1 Å². The van der Waals surface area contributed by atoms with Crippen LogP contribution in [-0.4, -0.2) is 11.0 Å². The molecule has 2 heterocycles. The Labute approximate surface area is 136 Å². The maximum atomic E-state index is 12.1. The highest BCUT2D eigenvalue weighted by atomic mass is 35.5. The first-order chi connectivity index (χ1) is 10.7. The molecule has 1 amide bonds. The number of aliphatic hydroxyl groups is 1. The van der Waals surface area contributed by atoms with Gasteiger partial charge in [-0.1, -0.05) is 17.7 Å². The van der Waals surface area contributed by atoms with Gasteiger partial charge in [0.25, 0.3) is 5.91 Å². The van der Waals surface area contributed by atoms with Crippen LogP contribution in [0.5, 0.6) is 0 Å². The van der Waals surface area contributed by atoms with Gasteiger partial charge in [0, 0.05) is 5.56 Å². The van der Waals surface area contributed by atoms with E-state index in [-0.39, 0.29) is 12.5 Å². The molecular weight excluding hydrogens is 322 g/mol. The van der Waals surface area contributed by atoms with Crippen molar-refractivity contribution in [1.82, 2.24) is 0 Å². The van der Waals surface area contributed by atoms with E-state index in [0.29, 0.717) is 27.1 Å². The summed E-state index contributed by atoms with van der Waals surface area (Å²) in [7, 11) is 0. The summed E-state index contributed by atoms with van der Waals surface area (Å²) in [5.41, 5.74) is 1.28. The molecule has 1 aromatic carbocycles. The SMILES string of the molecule is O=C(Nc1cc(-c2ccc(CO)o2)ccc1Cl)c1cccs1. The Morgan fingerprint density at radius 3 is 2.82 bits per heavy atom. The Morgan fingerprint density at radius 1 is 1.27 bits per heavy atom. The number of benzene rings is 1. The first kappa shape index (κ1) is 14.8. The largest absolute Gasteiger partial charge is 0.459 e. The topological polar surface area (TPSA) is 62.5 Å². The zero-order valence-corrected chi connectivity index (χ0v) is 12.9. The molecule has 112 valence electrons. The highest BCUT2D eigenvalue weighted by Gasteiger charge is 2.12. The molecular formula is C16H12ClNO3S. The zero-order valence-electron chi connectivity index (χ0n) is 11.4. The molecule has 0 unspecified atom stereocenters. The van der Waals surface area contributed by atoms with Gasteiger partial charge in [-0.25, -0.2) is 0 Å². The van der Waals surface area contributed by atoms with Crippen molar-refractivity contribution in [2.24, 2.45) is 0 Å². The second kappa shape index (κ2) is 6.36. The summed E-state index contributed by atoms with van der Waals surface area (Å²) in [5.74, 6) is 0.881. The van der Waals surface area contributed by atoms with E-state index in [1.54, 1.807) is 36.4 Å². The van der Waals surface area contributed by atoms with Crippen molar-refractivity contribution in [3.05, 3.63) is 63.5 Å². The Kier molecular flexibility index (Phi) is 4.29. The smallest absolute Gasteiger partial charge is 0.265 e. The molecule has 0 spiro atoms. The van der Waals surface area contributed by atoms with Crippen molar-refractivity contribution in [2.75, 3.05) is 5.32 Å². The fourth-order valence-corrected chi connectivity index (χ4v) is 2.77. The summed E-state index contributed by atoms with van der Waals surface area (Å²) < 4.78 is 5.49. The van der Waals surface area contributed by atoms with Crippen molar-refractivity contribution in [1.29, 1.82) is 0 Å². The Hall–Kier alpha value is -2.08. The summed E-state index contributed by atoms with van der Waals surface area (Å²) in [6.07, 6.45) is 0. The van der Waals surface area contributed by atoms with Crippen molar-refractivity contribution < 1.29 is 14.3 Å². The van der Waals surface area contributed by atoms with Crippen molar-refractivity contribution in [3.63, 3.8) is 0 Å². The molecule has 0 saturated carbocycles. The van der Waals surface area contributed by atoms with Crippen molar-refractivity contribution in [3.8, 4) is 11.3 Å². The number of amides is 1. The number of furan rings is 1. The molecule has 2 N–H and O–H groups in total. The number of hydrogen-bond acceptors (Lipinski definition) is 4. The first-order valence-corrected chi connectivity index (χ1v) is 7.77. The van der Waals surface area contributed by atoms with Crippen LogP contribution in [0.3, 0.4) is 0 Å². The van der Waals surface area contributed by atoms with Gasteiger partial charge >= 0.3 is 0 Å². The fraction of sp³-hybridized carbons (Fsp3) is 0.0625. The molecule has 0 aliphatic rings. The van der Waals surface area contributed by atoms with Crippen molar-refractivity contribution in [2.45, 2.75) is 6.61 Å². The maximum absolute atomic E-state index is 12.1. The number of thiophene rings is 1. The van der Waals surface area contributed by atoms with Crippen LogP contribution in [0.15, 0.2) is 52.3 Å². The van der Waals surface area contributed by atoms with E-state index < -0.39 is 0 Å². The maximum Gasteiger partial charge on any atom is 0.265 e. The third kappa shape index (κ3) is 3.06. The second-order valence-corrected chi connectivity index (χ2v) is 5.91. The standard InChI is InChI=1S/C16H12ClNO3S/c17-12-5-3-10(14-6-4-11(9-19)21-14)8-13(12)18-16(20)15-2-1-7-22-15/h1-8,19H,9H2,(H,18,20). The van der Waals surface area contributed by atoms with Gasteiger partial charge in [0.1, 0.15) is 18.1 Å². The number of rotatable bonds is 4. The van der Waals surface area contributed by atoms with Crippen LogP contribution in [-0.2, 0) is 6.61 Å². The molecule has 0 atom stereocenters. The highest BCUT2D eigenvalue weighted by Crippen LogP contribution is 2.30. The average molecular weight is 334 g/mol. The van der Waals surface area contributed by atoms with Crippen LogP contribution < -0.4 is 5.32 Å². The van der Waals surface area contributed by atoms with E-state index in [2.05, 4.69) is 5.32 Å². The number of carbonyl (C=O) groups is 1. The molecule has 22 heavy (non-hydrogen) atoms. The summed E-state index contributed by atoms with van der Waals surface area (Å²) in [4.78, 5) is 12.7. The van der Waals surface area contributed by atoms with Gasteiger partial charge in [0.15, 0.2) is 0 Å². The van der Waals surface area contributed by atoms with Crippen LogP contribution in [0, 0.1) is 0 Å². The van der Waals surface area contributed by atoms with Gasteiger partial charge < -0.3 is 14.8 Å². The molecule has 4 nitrogen and oxygen atoms in total. The van der Waals surface area contributed by atoms with Gasteiger partial charge in [-0.15, -0.1) is 11.3 Å². The summed E-state index contributed by atoms with van der Waals surface area (Å²) in [6, 6.07) is 12.3. The summed E-state index contributed by atoms with van der Waals surface area (Å²) in [5, 5.41) is 14.1. The number of halogens is 1. The van der Waals surface area contributed by atoms with E-state index in [1.807, 2.05) is 11.4 Å².